The molecular weight excluding hydrogens is 501 g/mol. The molecule has 6 N–H and O–H groups in total. The Bertz CT molecular complexity index is 808. The zero-order valence-corrected chi connectivity index (χ0v) is 21.3. The lowest BCUT2D eigenvalue weighted by Crippen LogP contribution is -2.40. The first-order valence-corrected chi connectivity index (χ1v) is 13.4. The van der Waals surface area contributed by atoms with Gasteiger partial charge in [0.15, 0.2) is 10.2 Å². The highest BCUT2D eigenvalue weighted by atomic mass is 32.2. The molecule has 0 fully saturated rings. The highest BCUT2D eigenvalue weighted by Crippen LogP contribution is 2.18. The standard InChI is InChI=1S/C19H28N8O2S4/c28-16-14(2-6-24-26-16)12-32-10-8-22-18(30)20-4-1-5-21-19(31)23-9-11-33-13-15-3-7-25-27-17(15)29/h2-3,6-7H,1,4-5,8-13H2,(H,26,28)(H,27,29)(H2,20,22,30)(H2,21,23,31). The fraction of sp³-hybridized carbons (Fsp3) is 0.474. The monoisotopic (exact) mass is 528 g/mol. The highest BCUT2D eigenvalue weighted by Gasteiger charge is 2.03. The number of thiocarbonyl (C=S) groups is 2. The van der Waals surface area contributed by atoms with Crippen LogP contribution in [0.1, 0.15) is 17.5 Å². The minimum absolute atomic E-state index is 0.0164. The highest BCUT2D eigenvalue weighted by molar-refractivity contribution is 7.98. The first-order chi connectivity index (χ1) is 16.1. The van der Waals surface area contributed by atoms with Gasteiger partial charge in [-0.05, 0) is 43.0 Å². The molecule has 0 saturated heterocycles. The molecule has 0 bridgehead atoms. The lowest BCUT2D eigenvalue weighted by Gasteiger charge is -2.12. The van der Waals surface area contributed by atoms with Gasteiger partial charge in [-0.2, -0.15) is 33.7 Å². The molecule has 33 heavy (non-hydrogen) atoms. The summed E-state index contributed by atoms with van der Waals surface area (Å²) in [6, 6.07) is 3.52. The summed E-state index contributed by atoms with van der Waals surface area (Å²) < 4.78 is 0. The Kier molecular flexibility index (Phi) is 13.5. The third-order valence-corrected chi connectivity index (χ3v) is 6.66. The third kappa shape index (κ3) is 12.0. The van der Waals surface area contributed by atoms with Gasteiger partial charge < -0.3 is 31.5 Å². The Morgan fingerprint density at radius 1 is 0.727 bits per heavy atom. The van der Waals surface area contributed by atoms with Crippen LogP contribution in [0.15, 0.2) is 24.5 Å². The fourth-order valence-electron chi connectivity index (χ4n) is 2.38. The van der Waals surface area contributed by atoms with Crippen molar-refractivity contribution in [2.75, 3.05) is 37.7 Å². The fourth-order valence-corrected chi connectivity index (χ4v) is 4.46. The molecule has 10 nitrogen and oxygen atoms in total. The van der Waals surface area contributed by atoms with Gasteiger partial charge in [-0.3, -0.25) is 0 Å². The number of hydrogen-bond donors (Lipinski definition) is 6. The van der Waals surface area contributed by atoms with Gasteiger partial charge in [0.1, 0.15) is 0 Å². The van der Waals surface area contributed by atoms with Crippen LogP contribution in [0.4, 0.5) is 0 Å². The van der Waals surface area contributed by atoms with E-state index in [9.17, 15) is 10.2 Å². The molecule has 0 atom stereocenters. The van der Waals surface area contributed by atoms with Crippen LogP contribution in [0.5, 0.6) is 11.8 Å². The van der Waals surface area contributed by atoms with Crippen LogP contribution in [0.2, 0.25) is 0 Å². The molecule has 0 radical (unpaired) electrons. The third-order valence-electron chi connectivity index (χ3n) is 4.07. The topological polar surface area (TPSA) is 140 Å². The molecule has 0 aliphatic rings. The van der Waals surface area contributed by atoms with Crippen LogP contribution in [0.25, 0.3) is 0 Å². The molecule has 0 amide bonds. The maximum absolute atomic E-state index is 9.58. The number of thioether (sulfide) groups is 2. The number of aromatic hydroxyl groups is 2. The summed E-state index contributed by atoms with van der Waals surface area (Å²) in [6.07, 6.45) is 4.01. The normalized spacial score (nSPS) is 10.4. The number of hydrogen-bond acceptors (Lipinski definition) is 10. The van der Waals surface area contributed by atoms with Crippen molar-refractivity contribution in [2.45, 2.75) is 17.9 Å². The number of nitrogens with one attached hydrogen (secondary N) is 4. The minimum Gasteiger partial charge on any atom is -0.492 e. The van der Waals surface area contributed by atoms with Gasteiger partial charge in [-0.25, -0.2) is 0 Å². The quantitative estimate of drug-likeness (QED) is 0.154. The number of aromatic nitrogens is 4. The number of rotatable bonds is 14. The van der Waals surface area contributed by atoms with E-state index in [0.717, 1.165) is 55.2 Å². The average molecular weight is 529 g/mol. The van der Waals surface area contributed by atoms with Crippen molar-refractivity contribution >= 4 is 58.2 Å². The molecule has 0 unspecified atom stereocenters. The molecule has 14 heteroatoms. The average Bonchev–Trinajstić information content (AvgIpc) is 2.80. The summed E-state index contributed by atoms with van der Waals surface area (Å²) in [7, 11) is 0. The van der Waals surface area contributed by atoms with Crippen molar-refractivity contribution in [1.29, 1.82) is 0 Å². The summed E-state index contributed by atoms with van der Waals surface area (Å²) in [4.78, 5) is 0. The van der Waals surface area contributed by atoms with Crippen LogP contribution in [-0.2, 0) is 11.5 Å². The summed E-state index contributed by atoms with van der Waals surface area (Å²) in [5.41, 5.74) is 1.55. The van der Waals surface area contributed by atoms with Crippen LogP contribution < -0.4 is 21.3 Å². The van der Waals surface area contributed by atoms with E-state index in [4.69, 9.17) is 24.4 Å². The van der Waals surface area contributed by atoms with Crippen molar-refractivity contribution in [3.05, 3.63) is 35.7 Å². The maximum atomic E-state index is 9.58. The maximum Gasteiger partial charge on any atom is 0.235 e. The Morgan fingerprint density at radius 3 is 1.58 bits per heavy atom. The van der Waals surface area contributed by atoms with Crippen LogP contribution in [0, 0.1) is 0 Å². The van der Waals surface area contributed by atoms with Crippen LogP contribution in [-0.4, -0.2) is 78.5 Å². The summed E-state index contributed by atoms with van der Waals surface area (Å²) >= 11 is 13.9. The first-order valence-electron chi connectivity index (χ1n) is 10.2. The van der Waals surface area contributed by atoms with E-state index in [1.807, 2.05) is 0 Å². The van der Waals surface area contributed by atoms with Gasteiger partial charge in [0, 0.05) is 60.3 Å². The van der Waals surface area contributed by atoms with Gasteiger partial charge in [0.2, 0.25) is 11.8 Å². The molecule has 2 aromatic rings. The largest absolute Gasteiger partial charge is 0.492 e. The smallest absolute Gasteiger partial charge is 0.235 e. The Labute approximate surface area is 212 Å². The molecule has 2 heterocycles. The molecule has 0 aliphatic heterocycles. The minimum atomic E-state index is -0.0164. The first kappa shape index (κ1) is 27.1. The Balaban J connectivity index is 1.38. The van der Waals surface area contributed by atoms with E-state index in [1.54, 1.807) is 48.1 Å². The molecule has 180 valence electrons. The van der Waals surface area contributed by atoms with Gasteiger partial charge in [0.25, 0.3) is 0 Å². The second-order valence-electron chi connectivity index (χ2n) is 6.58. The number of nitrogens with zero attached hydrogens (tertiary/aromatic N) is 4. The van der Waals surface area contributed by atoms with Gasteiger partial charge in [0.05, 0.1) is 12.4 Å². The molecule has 0 aliphatic carbocycles. The second kappa shape index (κ2) is 16.5. The zero-order chi connectivity index (χ0) is 23.7. The zero-order valence-electron chi connectivity index (χ0n) is 18.0. The van der Waals surface area contributed by atoms with E-state index in [0.29, 0.717) is 21.7 Å². The van der Waals surface area contributed by atoms with Crippen LogP contribution >= 0.6 is 48.0 Å². The molecule has 0 aromatic carbocycles. The van der Waals surface area contributed by atoms with Gasteiger partial charge >= 0.3 is 0 Å². The van der Waals surface area contributed by atoms with Crippen molar-refractivity contribution in [3.8, 4) is 11.8 Å². The summed E-state index contributed by atoms with van der Waals surface area (Å²) in [6.45, 7) is 2.95. The lowest BCUT2D eigenvalue weighted by atomic mass is 10.3. The van der Waals surface area contributed by atoms with Crippen molar-refractivity contribution < 1.29 is 10.2 Å². The molecule has 0 saturated carbocycles. The van der Waals surface area contributed by atoms with E-state index < -0.39 is 0 Å². The van der Waals surface area contributed by atoms with Crippen molar-refractivity contribution in [2.24, 2.45) is 0 Å². The predicted octanol–water partition coefficient (Wildman–Crippen LogP) is 1.16. The molecular formula is C19H28N8O2S4. The van der Waals surface area contributed by atoms with E-state index in [1.165, 1.54) is 0 Å². The summed E-state index contributed by atoms with van der Waals surface area (Å²) in [5.74, 6) is 3.02. The SMILES string of the molecule is Oc1nnccc1CSCCNC(=S)NCCCNC(=S)NCCSCc1ccnnc1O. The predicted molar refractivity (Wildman–Crippen MR) is 142 cm³/mol. The molecule has 2 rings (SSSR count). The second-order valence-corrected chi connectivity index (χ2v) is 9.61. The van der Waals surface area contributed by atoms with E-state index in [-0.39, 0.29) is 11.8 Å². The van der Waals surface area contributed by atoms with Gasteiger partial charge in [-0.1, -0.05) is 0 Å². The Morgan fingerprint density at radius 2 is 1.15 bits per heavy atom. The van der Waals surface area contributed by atoms with Gasteiger partial charge in [-0.15, -0.1) is 10.2 Å². The van der Waals surface area contributed by atoms with Crippen molar-refractivity contribution in [3.63, 3.8) is 0 Å². The lowest BCUT2D eigenvalue weighted by molar-refractivity contribution is 0.439. The summed E-state index contributed by atoms with van der Waals surface area (Å²) in [5, 5.41) is 47.6. The van der Waals surface area contributed by atoms with Crippen molar-refractivity contribution in [1.82, 2.24) is 41.7 Å². The molecule has 0 spiro atoms. The van der Waals surface area contributed by atoms with Crippen LogP contribution in [0.3, 0.4) is 0 Å². The van der Waals surface area contributed by atoms with E-state index in [2.05, 4.69) is 41.7 Å². The Hall–Kier alpha value is -2.16. The molecule has 2 aromatic heterocycles. The van der Waals surface area contributed by atoms with E-state index >= 15 is 0 Å².